The fourth-order valence-electron chi connectivity index (χ4n) is 6.62. The zero-order valence-electron chi connectivity index (χ0n) is 22.8. The predicted molar refractivity (Wildman–Crippen MR) is 182 cm³/mol. The molecular weight excluding hydrogens is 527 g/mol. The Morgan fingerprint density at radius 1 is 0.381 bits per heavy atom. The van der Waals surface area contributed by atoms with E-state index in [1.165, 1.54) is 80.7 Å². The van der Waals surface area contributed by atoms with E-state index < -0.39 is 0 Å². The van der Waals surface area contributed by atoms with Gasteiger partial charge in [0.1, 0.15) is 0 Å². The highest BCUT2D eigenvalue weighted by molar-refractivity contribution is 7.26. The van der Waals surface area contributed by atoms with Crippen LogP contribution in [0.3, 0.4) is 0 Å². The van der Waals surface area contributed by atoms with Crippen molar-refractivity contribution in [2.45, 2.75) is 0 Å². The van der Waals surface area contributed by atoms with Crippen LogP contribution in [0.1, 0.15) is 0 Å². The first kappa shape index (κ1) is 23.5. The Morgan fingerprint density at radius 2 is 1.02 bits per heavy atom. The minimum absolute atomic E-state index is 1.17. The number of rotatable bonds is 3. The number of fused-ring (bicyclic) bond motifs is 8. The van der Waals surface area contributed by atoms with Crippen molar-refractivity contribution in [2.75, 3.05) is 0 Å². The first-order valence-corrected chi connectivity index (χ1v) is 15.2. The number of nitrogens with zero attached hydrogens (tertiary/aromatic N) is 1. The summed E-state index contributed by atoms with van der Waals surface area (Å²) < 4.78 is 5.12. The summed E-state index contributed by atoms with van der Waals surface area (Å²) in [5, 5.41) is 7.89. The first-order chi connectivity index (χ1) is 20.8. The average molecular weight is 552 g/mol. The molecule has 0 saturated heterocycles. The van der Waals surface area contributed by atoms with Crippen molar-refractivity contribution in [2.24, 2.45) is 0 Å². The van der Waals surface area contributed by atoms with Crippen LogP contribution < -0.4 is 0 Å². The fourth-order valence-corrected chi connectivity index (χ4v) is 7.76. The molecule has 7 aromatic carbocycles. The van der Waals surface area contributed by atoms with E-state index in [-0.39, 0.29) is 0 Å². The van der Waals surface area contributed by atoms with E-state index in [2.05, 4.69) is 156 Å². The Morgan fingerprint density at radius 3 is 1.76 bits per heavy atom. The third-order valence-corrected chi connectivity index (χ3v) is 9.66. The van der Waals surface area contributed by atoms with Gasteiger partial charge in [-0.15, -0.1) is 11.3 Å². The molecule has 0 saturated carbocycles. The van der Waals surface area contributed by atoms with Crippen LogP contribution in [0.5, 0.6) is 0 Å². The molecule has 2 heterocycles. The lowest BCUT2D eigenvalue weighted by molar-refractivity contribution is 1.18. The summed E-state index contributed by atoms with van der Waals surface area (Å²) in [5.41, 5.74) is 8.51. The molecule has 0 aliphatic rings. The summed E-state index contributed by atoms with van der Waals surface area (Å²) in [5.74, 6) is 0. The van der Waals surface area contributed by atoms with Crippen molar-refractivity contribution in [1.82, 2.24) is 4.57 Å². The van der Waals surface area contributed by atoms with Crippen molar-refractivity contribution in [3.05, 3.63) is 152 Å². The summed E-state index contributed by atoms with van der Waals surface area (Å²) in [4.78, 5) is 0. The maximum absolute atomic E-state index is 2.46. The van der Waals surface area contributed by atoms with Crippen molar-refractivity contribution >= 4 is 64.1 Å². The third kappa shape index (κ3) is 3.56. The Labute approximate surface area is 247 Å². The molecule has 9 rings (SSSR count). The van der Waals surface area contributed by atoms with Crippen LogP contribution in [0, 0.1) is 0 Å². The Kier molecular flexibility index (Phi) is 5.13. The second kappa shape index (κ2) is 9.17. The third-order valence-electron chi connectivity index (χ3n) is 8.54. The SMILES string of the molecule is c1ccc(-c2cc(-c3ccccc3)cc(-n3c4ccccc4c4cc5c(cc43)sc3ccc4ccccc4c35)c2)cc1. The van der Waals surface area contributed by atoms with E-state index in [0.29, 0.717) is 0 Å². The van der Waals surface area contributed by atoms with E-state index in [1.807, 2.05) is 11.3 Å². The summed E-state index contributed by atoms with van der Waals surface area (Å²) >= 11 is 1.89. The molecule has 0 amide bonds. The molecule has 9 aromatic rings. The maximum Gasteiger partial charge on any atom is 0.0555 e. The Balaban J connectivity index is 1.39. The topological polar surface area (TPSA) is 4.93 Å². The van der Waals surface area contributed by atoms with Crippen molar-refractivity contribution in [3.8, 4) is 27.9 Å². The second-order valence-corrected chi connectivity index (χ2v) is 12.1. The Hall–Kier alpha value is -5.18. The van der Waals surface area contributed by atoms with E-state index in [9.17, 15) is 0 Å². The van der Waals surface area contributed by atoms with E-state index in [4.69, 9.17) is 0 Å². The van der Waals surface area contributed by atoms with Crippen molar-refractivity contribution in [3.63, 3.8) is 0 Å². The summed E-state index contributed by atoms with van der Waals surface area (Å²) in [6.07, 6.45) is 0. The molecule has 0 aliphatic heterocycles. The number of para-hydroxylation sites is 1. The highest BCUT2D eigenvalue weighted by Crippen LogP contribution is 2.43. The predicted octanol–water partition coefficient (Wildman–Crippen LogP) is 11.6. The van der Waals surface area contributed by atoms with Gasteiger partial charge in [-0.1, -0.05) is 109 Å². The summed E-state index contributed by atoms with van der Waals surface area (Å²) in [7, 11) is 0. The normalized spacial score (nSPS) is 11.8. The van der Waals surface area contributed by atoms with Crippen molar-refractivity contribution < 1.29 is 0 Å². The lowest BCUT2D eigenvalue weighted by Gasteiger charge is -2.14. The van der Waals surface area contributed by atoms with Gasteiger partial charge in [0.25, 0.3) is 0 Å². The van der Waals surface area contributed by atoms with Crippen LogP contribution in [0.15, 0.2) is 152 Å². The molecule has 0 radical (unpaired) electrons. The van der Waals surface area contributed by atoms with Crippen LogP contribution in [-0.4, -0.2) is 4.57 Å². The first-order valence-electron chi connectivity index (χ1n) is 14.4. The monoisotopic (exact) mass is 551 g/mol. The summed E-state index contributed by atoms with van der Waals surface area (Å²) in [6, 6.07) is 55.4. The zero-order chi connectivity index (χ0) is 27.6. The number of aromatic nitrogens is 1. The van der Waals surface area contributed by atoms with E-state index >= 15 is 0 Å². The molecular formula is C40H25NS. The highest BCUT2D eigenvalue weighted by Gasteiger charge is 2.17. The van der Waals surface area contributed by atoms with Crippen LogP contribution in [0.4, 0.5) is 0 Å². The minimum atomic E-state index is 1.17. The van der Waals surface area contributed by atoms with Gasteiger partial charge in [-0.2, -0.15) is 0 Å². The molecule has 0 N–H and O–H groups in total. The van der Waals surface area contributed by atoms with Gasteiger partial charge in [0.15, 0.2) is 0 Å². The van der Waals surface area contributed by atoms with Gasteiger partial charge in [-0.05, 0) is 75.5 Å². The quantitative estimate of drug-likeness (QED) is 0.206. The van der Waals surface area contributed by atoms with Crippen LogP contribution >= 0.6 is 11.3 Å². The van der Waals surface area contributed by atoms with Gasteiger partial charge in [0, 0.05) is 36.6 Å². The van der Waals surface area contributed by atoms with E-state index in [0.717, 1.165) is 0 Å². The zero-order valence-corrected chi connectivity index (χ0v) is 23.6. The standard InChI is InChI=1S/C40H25NS/c1-3-11-26(12-4-1)29-21-30(27-13-5-2-6-14-27)23-31(22-29)41-36-18-10-9-17-33(36)34-24-35-39(25-37(34)41)42-38-20-19-28-15-7-8-16-32(28)40(35)38/h1-25H. The highest BCUT2D eigenvalue weighted by atomic mass is 32.1. The molecule has 1 nitrogen and oxygen atoms in total. The lowest BCUT2D eigenvalue weighted by Crippen LogP contribution is -1.96. The van der Waals surface area contributed by atoms with Crippen LogP contribution in [0.25, 0.3) is 80.7 Å². The molecule has 196 valence electrons. The molecule has 2 aromatic heterocycles. The molecule has 2 heteroatoms. The van der Waals surface area contributed by atoms with Gasteiger partial charge in [-0.3, -0.25) is 0 Å². The average Bonchev–Trinajstić information content (AvgIpc) is 3.59. The van der Waals surface area contributed by atoms with Gasteiger partial charge in [-0.25, -0.2) is 0 Å². The van der Waals surface area contributed by atoms with Gasteiger partial charge < -0.3 is 4.57 Å². The van der Waals surface area contributed by atoms with Gasteiger partial charge in [0.05, 0.1) is 11.0 Å². The fraction of sp³-hybridized carbons (Fsp3) is 0. The van der Waals surface area contributed by atoms with Crippen LogP contribution in [-0.2, 0) is 0 Å². The summed E-state index contributed by atoms with van der Waals surface area (Å²) in [6.45, 7) is 0. The molecule has 0 bridgehead atoms. The molecule has 0 fully saturated rings. The van der Waals surface area contributed by atoms with Crippen molar-refractivity contribution in [1.29, 1.82) is 0 Å². The largest absolute Gasteiger partial charge is 0.309 e. The maximum atomic E-state index is 2.46. The second-order valence-electron chi connectivity index (χ2n) is 11.0. The molecule has 0 unspecified atom stereocenters. The lowest BCUT2D eigenvalue weighted by atomic mass is 9.98. The number of thiophene rings is 1. The smallest absolute Gasteiger partial charge is 0.0555 e. The van der Waals surface area contributed by atoms with E-state index in [1.54, 1.807) is 0 Å². The minimum Gasteiger partial charge on any atom is -0.309 e. The molecule has 0 aliphatic carbocycles. The Bertz CT molecular complexity index is 2390. The number of hydrogen-bond donors (Lipinski definition) is 0. The molecule has 0 atom stereocenters. The van der Waals surface area contributed by atoms with Crippen LogP contribution in [0.2, 0.25) is 0 Å². The number of hydrogen-bond acceptors (Lipinski definition) is 1. The van der Waals surface area contributed by atoms with Gasteiger partial charge >= 0.3 is 0 Å². The molecule has 0 spiro atoms. The number of benzene rings is 7. The molecule has 42 heavy (non-hydrogen) atoms. The van der Waals surface area contributed by atoms with Gasteiger partial charge in [0.2, 0.25) is 0 Å².